The predicted octanol–water partition coefficient (Wildman–Crippen LogP) is 5.76. The average Bonchev–Trinajstić information content (AvgIpc) is 2.55. The fraction of sp³-hybridized carbons (Fsp3) is 0.316. The molecule has 0 saturated heterocycles. The molecule has 0 amide bonds. The molecule has 2 N–H and O–H groups in total. The Hall–Kier alpha value is -2.08. The van der Waals surface area contributed by atoms with Crippen molar-refractivity contribution in [2.75, 3.05) is 5.32 Å². The molecular weight excluding hydrogens is 345 g/mol. The molecule has 0 radical (unpaired) electrons. The topological polar surface area (TPSA) is 24.1 Å². The second-order valence-electron chi connectivity index (χ2n) is 5.98. The molecule has 6 heteroatoms. The molecule has 1 atom stereocenters. The van der Waals surface area contributed by atoms with Gasteiger partial charge in [-0.05, 0) is 73.4 Å². The van der Waals surface area contributed by atoms with Crippen LogP contribution in [0.1, 0.15) is 41.6 Å². The Morgan fingerprint density at radius 1 is 1.04 bits per heavy atom. The molecule has 2 aromatic rings. The summed E-state index contributed by atoms with van der Waals surface area (Å²) in [5.41, 5.74) is 3.39. The molecule has 2 aromatic carbocycles. The maximum absolute atomic E-state index is 12.6. The van der Waals surface area contributed by atoms with Crippen molar-refractivity contribution in [3.05, 3.63) is 64.7 Å². The molecule has 0 bridgehead atoms. The Morgan fingerprint density at radius 3 is 2.20 bits per heavy atom. The standard InChI is InChI=1S/C19H21F3N2S/c1-4-17(14-6-5-12(2)13(3)11-14)24-18(25)23-16-9-7-15(8-10-16)19(20,21)22/h5-11,17H,4H2,1-3H3,(H2,23,24,25)/t17-/m1/s1. The number of benzene rings is 2. The average molecular weight is 366 g/mol. The van der Waals surface area contributed by atoms with Crippen molar-refractivity contribution < 1.29 is 13.2 Å². The van der Waals surface area contributed by atoms with Gasteiger partial charge in [0.25, 0.3) is 0 Å². The summed E-state index contributed by atoms with van der Waals surface area (Å²) in [5, 5.41) is 6.53. The van der Waals surface area contributed by atoms with E-state index in [-0.39, 0.29) is 6.04 Å². The van der Waals surface area contributed by atoms with Gasteiger partial charge < -0.3 is 10.6 Å². The molecule has 0 aliphatic heterocycles. The zero-order chi connectivity index (χ0) is 18.6. The maximum Gasteiger partial charge on any atom is 0.416 e. The summed E-state index contributed by atoms with van der Waals surface area (Å²) in [6, 6.07) is 11.1. The van der Waals surface area contributed by atoms with Crippen LogP contribution in [0.2, 0.25) is 0 Å². The van der Waals surface area contributed by atoms with Crippen molar-refractivity contribution in [2.24, 2.45) is 0 Å². The lowest BCUT2D eigenvalue weighted by molar-refractivity contribution is -0.137. The fourth-order valence-electron chi connectivity index (χ4n) is 2.47. The minimum atomic E-state index is -4.34. The van der Waals surface area contributed by atoms with Gasteiger partial charge in [0.05, 0.1) is 11.6 Å². The Labute approximate surface area is 151 Å². The molecule has 0 fully saturated rings. The number of aryl methyl sites for hydroxylation is 2. The van der Waals surface area contributed by atoms with Gasteiger partial charge in [-0.2, -0.15) is 13.2 Å². The van der Waals surface area contributed by atoms with E-state index in [0.29, 0.717) is 10.8 Å². The van der Waals surface area contributed by atoms with Crippen LogP contribution in [0.4, 0.5) is 18.9 Å². The van der Waals surface area contributed by atoms with Gasteiger partial charge in [-0.3, -0.25) is 0 Å². The van der Waals surface area contributed by atoms with E-state index in [4.69, 9.17) is 12.2 Å². The van der Waals surface area contributed by atoms with Crippen LogP contribution in [0.25, 0.3) is 0 Å². The number of nitrogens with one attached hydrogen (secondary N) is 2. The fourth-order valence-corrected chi connectivity index (χ4v) is 2.73. The van der Waals surface area contributed by atoms with Crippen molar-refractivity contribution in [1.82, 2.24) is 5.32 Å². The molecule has 0 heterocycles. The first-order valence-corrected chi connectivity index (χ1v) is 8.43. The summed E-state index contributed by atoms with van der Waals surface area (Å²) >= 11 is 5.30. The zero-order valence-electron chi connectivity index (χ0n) is 14.4. The molecule has 2 nitrogen and oxygen atoms in total. The van der Waals surface area contributed by atoms with Crippen molar-refractivity contribution >= 4 is 23.0 Å². The van der Waals surface area contributed by atoms with Gasteiger partial charge in [-0.1, -0.05) is 25.1 Å². The van der Waals surface area contributed by atoms with Crippen molar-refractivity contribution in [3.63, 3.8) is 0 Å². The third-order valence-electron chi connectivity index (χ3n) is 4.12. The highest BCUT2D eigenvalue weighted by molar-refractivity contribution is 7.80. The van der Waals surface area contributed by atoms with Crippen LogP contribution in [0, 0.1) is 13.8 Å². The second-order valence-corrected chi connectivity index (χ2v) is 6.39. The SMILES string of the molecule is CC[C@@H](NC(=S)Nc1ccc(C(F)(F)F)cc1)c1ccc(C)c(C)c1. The van der Waals surface area contributed by atoms with Crippen molar-refractivity contribution in [3.8, 4) is 0 Å². The number of halogens is 3. The van der Waals surface area contributed by atoms with Crippen LogP contribution in [0.3, 0.4) is 0 Å². The maximum atomic E-state index is 12.6. The molecule has 0 aromatic heterocycles. The molecule has 25 heavy (non-hydrogen) atoms. The Morgan fingerprint density at radius 2 is 1.68 bits per heavy atom. The lowest BCUT2D eigenvalue weighted by atomic mass is 9.99. The van der Waals surface area contributed by atoms with E-state index in [0.717, 1.165) is 24.1 Å². The number of anilines is 1. The smallest absolute Gasteiger partial charge is 0.356 e. The first-order chi connectivity index (χ1) is 11.7. The quantitative estimate of drug-likeness (QED) is 0.673. The van der Waals surface area contributed by atoms with Gasteiger partial charge in [0.1, 0.15) is 0 Å². The summed E-state index contributed by atoms with van der Waals surface area (Å²) in [6.07, 6.45) is -3.51. The highest BCUT2D eigenvalue weighted by atomic mass is 32.1. The van der Waals surface area contributed by atoms with Gasteiger partial charge >= 0.3 is 6.18 Å². The predicted molar refractivity (Wildman–Crippen MR) is 99.7 cm³/mol. The summed E-state index contributed by atoms with van der Waals surface area (Å²) in [7, 11) is 0. The van der Waals surface area contributed by atoms with E-state index in [2.05, 4.69) is 42.7 Å². The van der Waals surface area contributed by atoms with E-state index in [1.807, 2.05) is 6.92 Å². The van der Waals surface area contributed by atoms with Gasteiger partial charge in [-0.25, -0.2) is 0 Å². The van der Waals surface area contributed by atoms with Crippen LogP contribution in [-0.4, -0.2) is 5.11 Å². The van der Waals surface area contributed by atoms with Crippen LogP contribution in [-0.2, 0) is 6.18 Å². The second kappa shape index (κ2) is 7.87. The lowest BCUT2D eigenvalue weighted by Gasteiger charge is -2.21. The largest absolute Gasteiger partial charge is 0.416 e. The number of thiocarbonyl (C=S) groups is 1. The van der Waals surface area contributed by atoms with E-state index >= 15 is 0 Å². The molecule has 0 aliphatic carbocycles. The van der Waals surface area contributed by atoms with Crippen LogP contribution >= 0.6 is 12.2 Å². The Balaban J connectivity index is 2.03. The van der Waals surface area contributed by atoms with Crippen LogP contribution in [0.5, 0.6) is 0 Å². The summed E-state index contributed by atoms with van der Waals surface area (Å²) in [5.74, 6) is 0. The number of hydrogen-bond donors (Lipinski definition) is 2. The summed E-state index contributed by atoms with van der Waals surface area (Å²) in [6.45, 7) is 6.17. The molecule has 2 rings (SSSR count). The normalized spacial score (nSPS) is 12.6. The van der Waals surface area contributed by atoms with Gasteiger partial charge in [-0.15, -0.1) is 0 Å². The van der Waals surface area contributed by atoms with Crippen LogP contribution in [0.15, 0.2) is 42.5 Å². The molecule has 0 saturated carbocycles. The van der Waals surface area contributed by atoms with E-state index in [1.165, 1.54) is 23.3 Å². The summed E-state index contributed by atoms with van der Waals surface area (Å²) in [4.78, 5) is 0. The van der Waals surface area contributed by atoms with E-state index in [9.17, 15) is 13.2 Å². The van der Waals surface area contributed by atoms with E-state index < -0.39 is 11.7 Å². The van der Waals surface area contributed by atoms with Crippen molar-refractivity contribution in [2.45, 2.75) is 39.4 Å². The van der Waals surface area contributed by atoms with Gasteiger partial charge in [0.15, 0.2) is 5.11 Å². The van der Waals surface area contributed by atoms with E-state index in [1.54, 1.807) is 0 Å². The lowest BCUT2D eigenvalue weighted by Crippen LogP contribution is -2.32. The van der Waals surface area contributed by atoms with Gasteiger partial charge in [0.2, 0.25) is 0 Å². The number of alkyl halides is 3. The monoisotopic (exact) mass is 366 g/mol. The minimum Gasteiger partial charge on any atom is -0.356 e. The molecular formula is C19H21F3N2S. The molecule has 0 unspecified atom stereocenters. The Bertz CT molecular complexity index is 739. The first-order valence-electron chi connectivity index (χ1n) is 8.02. The van der Waals surface area contributed by atoms with Crippen molar-refractivity contribution in [1.29, 1.82) is 0 Å². The Kier molecular flexibility index (Phi) is 6.06. The molecule has 0 spiro atoms. The zero-order valence-corrected chi connectivity index (χ0v) is 15.2. The molecule has 0 aliphatic rings. The minimum absolute atomic E-state index is 0.0359. The molecule has 134 valence electrons. The first kappa shape index (κ1) is 19.2. The third-order valence-corrected chi connectivity index (χ3v) is 4.34. The number of rotatable bonds is 4. The third kappa shape index (κ3) is 5.19. The van der Waals surface area contributed by atoms with Gasteiger partial charge in [0, 0.05) is 5.69 Å². The highest BCUT2D eigenvalue weighted by Gasteiger charge is 2.29. The van der Waals surface area contributed by atoms with Crippen LogP contribution < -0.4 is 10.6 Å². The highest BCUT2D eigenvalue weighted by Crippen LogP contribution is 2.29. The number of hydrogen-bond acceptors (Lipinski definition) is 1. The summed E-state index contributed by atoms with van der Waals surface area (Å²) < 4.78 is 37.8.